The molecule has 0 spiro atoms. The summed E-state index contributed by atoms with van der Waals surface area (Å²) in [5, 5.41) is 0.246. The number of nitrogens with one attached hydrogen (secondary N) is 1. The van der Waals surface area contributed by atoms with Crippen LogP contribution in [0.3, 0.4) is 0 Å². The summed E-state index contributed by atoms with van der Waals surface area (Å²) in [5.74, 6) is 0.0401. The number of ether oxygens (including phenoxy) is 1. The summed E-state index contributed by atoms with van der Waals surface area (Å²) < 4.78 is 19.6. The molecule has 0 radical (unpaired) electrons. The molecule has 1 aromatic carbocycles. The Labute approximate surface area is 142 Å². The molecule has 0 atom stereocenters. The van der Waals surface area contributed by atoms with Gasteiger partial charge in [0.25, 0.3) is 5.56 Å². The van der Waals surface area contributed by atoms with Gasteiger partial charge in [0.15, 0.2) is 0 Å². The van der Waals surface area contributed by atoms with Gasteiger partial charge in [0.05, 0.1) is 18.8 Å². The first kappa shape index (κ1) is 16.7. The first-order valence-corrected chi connectivity index (χ1v) is 7.94. The van der Waals surface area contributed by atoms with Gasteiger partial charge in [-0.25, -0.2) is 9.18 Å². The van der Waals surface area contributed by atoms with Gasteiger partial charge in [-0.1, -0.05) is 17.7 Å². The molecular weight excluding hydrogens is 337 g/mol. The predicted octanol–water partition coefficient (Wildman–Crippen LogP) is 1.29. The van der Waals surface area contributed by atoms with Crippen LogP contribution in [0.4, 0.5) is 10.2 Å². The van der Waals surface area contributed by atoms with Crippen LogP contribution < -0.4 is 16.1 Å². The van der Waals surface area contributed by atoms with E-state index in [-0.39, 0.29) is 17.0 Å². The van der Waals surface area contributed by atoms with Gasteiger partial charge >= 0.3 is 5.69 Å². The number of rotatable bonds is 3. The van der Waals surface area contributed by atoms with Gasteiger partial charge in [0, 0.05) is 31.6 Å². The SMILES string of the molecule is Cn1c(=O)[nH]c(N2CCOCC2)c(Cc2ccc(F)cc2Cl)c1=O. The second-order valence-corrected chi connectivity index (χ2v) is 6.04. The second-order valence-electron chi connectivity index (χ2n) is 5.63. The van der Waals surface area contributed by atoms with Crippen LogP contribution in [0.5, 0.6) is 0 Å². The number of hydrogen-bond acceptors (Lipinski definition) is 4. The zero-order valence-electron chi connectivity index (χ0n) is 13.1. The normalized spacial score (nSPS) is 14.9. The molecule has 8 heteroatoms. The minimum atomic E-state index is -0.476. The van der Waals surface area contributed by atoms with Gasteiger partial charge in [-0.15, -0.1) is 0 Å². The summed E-state index contributed by atoms with van der Waals surface area (Å²) in [5.41, 5.74) is 0.181. The van der Waals surface area contributed by atoms with Gasteiger partial charge in [0.2, 0.25) is 0 Å². The lowest BCUT2D eigenvalue weighted by molar-refractivity contribution is 0.122. The third-order valence-electron chi connectivity index (χ3n) is 4.09. The van der Waals surface area contributed by atoms with Crippen LogP contribution in [-0.2, 0) is 18.2 Å². The minimum absolute atomic E-state index is 0.204. The van der Waals surface area contributed by atoms with Crippen molar-refractivity contribution in [2.75, 3.05) is 31.2 Å². The fourth-order valence-corrected chi connectivity index (χ4v) is 2.96. The summed E-state index contributed by atoms with van der Waals surface area (Å²) in [7, 11) is 1.42. The molecular formula is C16H17ClFN3O3. The van der Waals surface area contributed by atoms with E-state index in [9.17, 15) is 14.0 Å². The number of morpholine rings is 1. The molecule has 2 aromatic rings. The van der Waals surface area contributed by atoms with E-state index in [1.54, 1.807) is 6.07 Å². The van der Waals surface area contributed by atoms with E-state index in [0.717, 1.165) is 4.57 Å². The molecule has 128 valence electrons. The third-order valence-corrected chi connectivity index (χ3v) is 4.44. The summed E-state index contributed by atoms with van der Waals surface area (Å²) >= 11 is 6.09. The lowest BCUT2D eigenvalue weighted by Gasteiger charge is -2.30. The van der Waals surface area contributed by atoms with E-state index in [1.165, 1.54) is 19.2 Å². The van der Waals surface area contributed by atoms with E-state index >= 15 is 0 Å². The molecule has 6 nitrogen and oxygen atoms in total. The molecule has 1 fully saturated rings. The monoisotopic (exact) mass is 353 g/mol. The topological polar surface area (TPSA) is 67.3 Å². The van der Waals surface area contributed by atoms with Crippen LogP contribution in [0.2, 0.25) is 5.02 Å². The molecule has 2 heterocycles. The minimum Gasteiger partial charge on any atom is -0.378 e. The van der Waals surface area contributed by atoms with Crippen molar-refractivity contribution >= 4 is 17.4 Å². The van der Waals surface area contributed by atoms with Crippen molar-refractivity contribution < 1.29 is 9.13 Å². The van der Waals surface area contributed by atoms with Crippen LogP contribution in [0, 0.1) is 5.82 Å². The highest BCUT2D eigenvalue weighted by Crippen LogP contribution is 2.23. The molecule has 0 amide bonds. The number of aromatic amines is 1. The molecule has 1 aliphatic rings. The van der Waals surface area contributed by atoms with Crippen LogP contribution in [0.25, 0.3) is 0 Å². The molecule has 1 N–H and O–H groups in total. The number of anilines is 1. The lowest BCUT2D eigenvalue weighted by atomic mass is 10.1. The van der Waals surface area contributed by atoms with Crippen molar-refractivity contribution in [2.24, 2.45) is 7.05 Å². The van der Waals surface area contributed by atoms with E-state index in [0.29, 0.717) is 43.2 Å². The summed E-state index contributed by atoms with van der Waals surface area (Å²) in [6, 6.07) is 4.05. The highest BCUT2D eigenvalue weighted by Gasteiger charge is 2.21. The number of aromatic nitrogens is 2. The van der Waals surface area contributed by atoms with Crippen LogP contribution in [0.15, 0.2) is 27.8 Å². The van der Waals surface area contributed by atoms with Crippen molar-refractivity contribution in [3.63, 3.8) is 0 Å². The largest absolute Gasteiger partial charge is 0.378 e. The molecule has 0 unspecified atom stereocenters. The van der Waals surface area contributed by atoms with Gasteiger partial charge in [-0.2, -0.15) is 0 Å². The van der Waals surface area contributed by atoms with E-state index in [1.807, 2.05) is 4.90 Å². The fraction of sp³-hybridized carbons (Fsp3) is 0.375. The molecule has 1 aliphatic heterocycles. The maximum atomic E-state index is 13.2. The quantitative estimate of drug-likeness (QED) is 0.903. The molecule has 0 bridgehead atoms. The van der Waals surface area contributed by atoms with Crippen LogP contribution >= 0.6 is 11.6 Å². The Morgan fingerprint density at radius 1 is 1.29 bits per heavy atom. The van der Waals surface area contributed by atoms with Crippen molar-refractivity contribution in [1.29, 1.82) is 0 Å². The van der Waals surface area contributed by atoms with Crippen molar-refractivity contribution in [1.82, 2.24) is 9.55 Å². The molecule has 0 saturated carbocycles. The number of H-pyrrole nitrogens is 1. The number of halogens is 2. The zero-order chi connectivity index (χ0) is 17.3. The number of nitrogens with zero attached hydrogens (tertiary/aromatic N) is 2. The number of hydrogen-bond donors (Lipinski definition) is 1. The smallest absolute Gasteiger partial charge is 0.329 e. The van der Waals surface area contributed by atoms with Crippen LogP contribution in [-0.4, -0.2) is 35.9 Å². The maximum absolute atomic E-state index is 13.2. The highest BCUT2D eigenvalue weighted by atomic mass is 35.5. The Morgan fingerprint density at radius 3 is 2.67 bits per heavy atom. The Bertz CT molecular complexity index is 872. The first-order valence-electron chi connectivity index (χ1n) is 7.56. The van der Waals surface area contributed by atoms with Crippen LogP contribution in [0.1, 0.15) is 11.1 Å². The molecule has 1 aromatic heterocycles. The summed E-state index contributed by atoms with van der Waals surface area (Å²) in [4.78, 5) is 29.3. The van der Waals surface area contributed by atoms with Crippen molar-refractivity contribution in [3.8, 4) is 0 Å². The standard InChI is InChI=1S/C16H17ClFN3O3/c1-20-15(22)12(8-10-2-3-11(18)9-13(10)17)14(19-16(20)23)21-4-6-24-7-5-21/h2-3,9H,4-8H2,1H3,(H,19,23). The van der Waals surface area contributed by atoms with E-state index < -0.39 is 11.5 Å². The lowest BCUT2D eigenvalue weighted by Crippen LogP contribution is -2.43. The van der Waals surface area contributed by atoms with Crippen molar-refractivity contribution in [2.45, 2.75) is 6.42 Å². The summed E-state index contributed by atoms with van der Waals surface area (Å²) in [6.07, 6.45) is 0.204. The predicted molar refractivity (Wildman–Crippen MR) is 89.6 cm³/mol. The first-order chi connectivity index (χ1) is 11.5. The average molecular weight is 354 g/mol. The highest BCUT2D eigenvalue weighted by molar-refractivity contribution is 6.31. The summed E-state index contributed by atoms with van der Waals surface area (Å²) in [6.45, 7) is 2.20. The Kier molecular flexibility index (Phi) is 4.73. The average Bonchev–Trinajstić information content (AvgIpc) is 2.58. The Morgan fingerprint density at radius 2 is 2.00 bits per heavy atom. The van der Waals surface area contributed by atoms with E-state index in [2.05, 4.69) is 4.98 Å². The van der Waals surface area contributed by atoms with Gasteiger partial charge in [0.1, 0.15) is 11.6 Å². The molecule has 24 heavy (non-hydrogen) atoms. The van der Waals surface area contributed by atoms with Gasteiger partial charge in [-0.05, 0) is 17.7 Å². The van der Waals surface area contributed by atoms with Gasteiger partial charge < -0.3 is 9.64 Å². The third kappa shape index (κ3) is 3.22. The Hall–Kier alpha value is -2.12. The Balaban J connectivity index is 2.09. The van der Waals surface area contributed by atoms with Crippen molar-refractivity contribution in [3.05, 3.63) is 61.0 Å². The van der Waals surface area contributed by atoms with E-state index in [4.69, 9.17) is 16.3 Å². The molecule has 0 aliphatic carbocycles. The zero-order valence-corrected chi connectivity index (χ0v) is 13.9. The molecule has 1 saturated heterocycles. The second kappa shape index (κ2) is 6.78. The number of benzene rings is 1. The molecule has 3 rings (SSSR count). The maximum Gasteiger partial charge on any atom is 0.329 e. The fourth-order valence-electron chi connectivity index (χ4n) is 2.73. The van der Waals surface area contributed by atoms with Gasteiger partial charge in [-0.3, -0.25) is 14.3 Å².